The molecule has 0 aromatic carbocycles. The lowest BCUT2D eigenvalue weighted by atomic mass is 10.2. The molecular formula is C17H26N4O4S. The third kappa shape index (κ3) is 4.93. The Hall–Kier alpha value is -1.71. The molecule has 1 atom stereocenters. The number of morpholine rings is 1. The number of nitrogens with one attached hydrogen (secondary N) is 1. The lowest BCUT2D eigenvalue weighted by molar-refractivity contribution is 0.0383. The number of anilines is 1. The number of rotatable bonds is 6. The smallest absolute Gasteiger partial charge is 0.269 e. The number of hydrogen-bond donors (Lipinski definition) is 1. The van der Waals surface area contributed by atoms with E-state index in [0.29, 0.717) is 18.7 Å². The zero-order valence-electron chi connectivity index (χ0n) is 15.1. The Kier molecular flexibility index (Phi) is 6.10. The van der Waals surface area contributed by atoms with Gasteiger partial charge in [-0.15, -0.1) is 0 Å². The Morgan fingerprint density at radius 1 is 1.42 bits per heavy atom. The average Bonchev–Trinajstić information content (AvgIpc) is 3.02. The molecule has 2 aliphatic heterocycles. The summed E-state index contributed by atoms with van der Waals surface area (Å²) in [7, 11) is -1.09. The minimum absolute atomic E-state index is 0.0559. The Balaban J connectivity index is 1.55. The summed E-state index contributed by atoms with van der Waals surface area (Å²) in [6, 6.07) is 3.46. The fraction of sp³-hybridized carbons (Fsp3) is 0.647. The molecule has 3 rings (SSSR count). The largest absolute Gasteiger partial charge is 0.379 e. The minimum atomic E-state index is -2.95. The van der Waals surface area contributed by atoms with Gasteiger partial charge in [-0.05, 0) is 18.6 Å². The van der Waals surface area contributed by atoms with Crippen LogP contribution in [0.25, 0.3) is 0 Å². The number of nitrogens with zero attached hydrogens (tertiary/aromatic N) is 3. The van der Waals surface area contributed by atoms with Crippen LogP contribution in [0.2, 0.25) is 0 Å². The van der Waals surface area contributed by atoms with E-state index in [1.807, 2.05) is 11.9 Å². The number of hydrogen-bond acceptors (Lipinski definition) is 7. The van der Waals surface area contributed by atoms with Gasteiger partial charge < -0.3 is 15.0 Å². The predicted molar refractivity (Wildman–Crippen MR) is 99.3 cm³/mol. The number of carbonyl (C=O) groups is 1. The molecule has 2 aliphatic rings. The summed E-state index contributed by atoms with van der Waals surface area (Å²) in [5.74, 6) is 0.169. The summed E-state index contributed by atoms with van der Waals surface area (Å²) in [5, 5.41) is 2.90. The highest BCUT2D eigenvalue weighted by Gasteiger charge is 2.31. The Labute approximate surface area is 154 Å². The number of ether oxygens (including phenoxy) is 1. The maximum Gasteiger partial charge on any atom is 0.269 e. The molecule has 1 aromatic rings. The van der Waals surface area contributed by atoms with Gasteiger partial charge in [-0.1, -0.05) is 0 Å². The predicted octanol–water partition coefficient (Wildman–Crippen LogP) is -0.233. The molecule has 26 heavy (non-hydrogen) atoms. The summed E-state index contributed by atoms with van der Waals surface area (Å²) in [5.41, 5.74) is 1.15. The SMILES string of the molecule is CN(c1ccnc(C(=O)NCCN2CCOCC2)c1)C1CCS(=O)(=O)C1. The highest BCUT2D eigenvalue weighted by atomic mass is 32.2. The average molecular weight is 382 g/mol. The fourth-order valence-corrected chi connectivity index (χ4v) is 5.07. The van der Waals surface area contributed by atoms with Gasteiger partial charge in [0.1, 0.15) is 5.69 Å². The normalized spacial score (nSPS) is 22.9. The first kappa shape index (κ1) is 19.1. The van der Waals surface area contributed by atoms with Crippen molar-refractivity contribution in [3.05, 3.63) is 24.0 Å². The van der Waals surface area contributed by atoms with E-state index in [1.54, 1.807) is 18.3 Å². The first-order valence-corrected chi connectivity index (χ1v) is 10.7. The van der Waals surface area contributed by atoms with Gasteiger partial charge in [-0.3, -0.25) is 14.7 Å². The molecule has 9 heteroatoms. The van der Waals surface area contributed by atoms with Gasteiger partial charge in [0.05, 0.1) is 24.7 Å². The van der Waals surface area contributed by atoms with Crippen molar-refractivity contribution in [2.24, 2.45) is 0 Å². The number of aromatic nitrogens is 1. The number of sulfone groups is 1. The molecule has 0 aliphatic carbocycles. The van der Waals surface area contributed by atoms with Crippen LogP contribution in [-0.4, -0.2) is 88.2 Å². The maximum absolute atomic E-state index is 12.4. The van der Waals surface area contributed by atoms with E-state index in [1.165, 1.54) is 0 Å². The molecular weight excluding hydrogens is 356 g/mol. The molecule has 0 spiro atoms. The van der Waals surface area contributed by atoms with Crippen LogP contribution in [0.1, 0.15) is 16.9 Å². The number of amides is 1. The Bertz CT molecular complexity index is 734. The van der Waals surface area contributed by atoms with Crippen LogP contribution in [0.4, 0.5) is 5.69 Å². The summed E-state index contributed by atoms with van der Waals surface area (Å²) in [4.78, 5) is 20.7. The number of carbonyl (C=O) groups excluding carboxylic acids is 1. The van der Waals surface area contributed by atoms with Crippen molar-refractivity contribution in [2.75, 3.05) is 62.8 Å². The first-order chi connectivity index (χ1) is 12.4. The Morgan fingerprint density at radius 3 is 2.88 bits per heavy atom. The van der Waals surface area contributed by atoms with Crippen LogP contribution in [-0.2, 0) is 14.6 Å². The fourth-order valence-electron chi connectivity index (χ4n) is 3.30. The van der Waals surface area contributed by atoms with E-state index in [2.05, 4.69) is 15.2 Å². The van der Waals surface area contributed by atoms with Gasteiger partial charge in [-0.2, -0.15) is 0 Å². The molecule has 1 N–H and O–H groups in total. The molecule has 0 bridgehead atoms. The van der Waals surface area contributed by atoms with Crippen LogP contribution < -0.4 is 10.2 Å². The molecule has 1 unspecified atom stereocenters. The molecule has 2 fully saturated rings. The minimum Gasteiger partial charge on any atom is -0.379 e. The van der Waals surface area contributed by atoms with Gasteiger partial charge in [0.2, 0.25) is 0 Å². The van der Waals surface area contributed by atoms with Gasteiger partial charge in [-0.25, -0.2) is 8.42 Å². The van der Waals surface area contributed by atoms with Crippen molar-refractivity contribution in [2.45, 2.75) is 12.5 Å². The molecule has 2 saturated heterocycles. The highest BCUT2D eigenvalue weighted by Crippen LogP contribution is 2.23. The second-order valence-electron chi connectivity index (χ2n) is 6.78. The van der Waals surface area contributed by atoms with Crippen LogP contribution in [0.5, 0.6) is 0 Å². The van der Waals surface area contributed by atoms with E-state index in [-0.39, 0.29) is 23.5 Å². The van der Waals surface area contributed by atoms with Crippen molar-refractivity contribution in [3.8, 4) is 0 Å². The summed E-state index contributed by atoms with van der Waals surface area (Å²) < 4.78 is 28.7. The van der Waals surface area contributed by atoms with E-state index >= 15 is 0 Å². The van der Waals surface area contributed by atoms with Crippen molar-refractivity contribution in [3.63, 3.8) is 0 Å². The Morgan fingerprint density at radius 2 is 2.19 bits per heavy atom. The van der Waals surface area contributed by atoms with Crippen molar-refractivity contribution in [1.82, 2.24) is 15.2 Å². The van der Waals surface area contributed by atoms with Gasteiger partial charge in [0.15, 0.2) is 9.84 Å². The molecule has 0 radical (unpaired) electrons. The quantitative estimate of drug-likeness (QED) is 0.726. The zero-order chi connectivity index (χ0) is 18.6. The van der Waals surface area contributed by atoms with E-state index in [9.17, 15) is 13.2 Å². The molecule has 8 nitrogen and oxygen atoms in total. The van der Waals surface area contributed by atoms with Crippen molar-refractivity contribution >= 4 is 21.4 Å². The van der Waals surface area contributed by atoms with Crippen LogP contribution in [0, 0.1) is 0 Å². The second kappa shape index (κ2) is 8.32. The highest BCUT2D eigenvalue weighted by molar-refractivity contribution is 7.91. The van der Waals surface area contributed by atoms with Gasteiger partial charge in [0, 0.05) is 51.2 Å². The van der Waals surface area contributed by atoms with Gasteiger partial charge >= 0.3 is 0 Å². The standard InChI is InChI=1S/C17H26N4O4S/c1-20(15-3-11-26(23,24)13-15)14-2-4-18-16(12-14)17(22)19-5-6-21-7-9-25-10-8-21/h2,4,12,15H,3,5-11,13H2,1H3,(H,19,22). The summed E-state index contributed by atoms with van der Waals surface area (Å²) >= 11 is 0. The zero-order valence-corrected chi connectivity index (χ0v) is 15.9. The molecule has 1 aromatic heterocycles. The molecule has 0 saturated carbocycles. The molecule has 144 valence electrons. The van der Waals surface area contributed by atoms with E-state index < -0.39 is 9.84 Å². The molecule has 1 amide bonds. The van der Waals surface area contributed by atoms with Crippen molar-refractivity contribution in [1.29, 1.82) is 0 Å². The van der Waals surface area contributed by atoms with Gasteiger partial charge in [0.25, 0.3) is 5.91 Å². The molecule has 3 heterocycles. The van der Waals surface area contributed by atoms with Crippen LogP contribution in [0.3, 0.4) is 0 Å². The first-order valence-electron chi connectivity index (χ1n) is 8.92. The summed E-state index contributed by atoms with van der Waals surface area (Å²) in [6.07, 6.45) is 2.20. The second-order valence-corrected chi connectivity index (χ2v) is 9.01. The van der Waals surface area contributed by atoms with Crippen LogP contribution >= 0.6 is 0 Å². The lowest BCUT2D eigenvalue weighted by Crippen LogP contribution is -2.41. The lowest BCUT2D eigenvalue weighted by Gasteiger charge is -2.26. The maximum atomic E-state index is 12.4. The summed E-state index contributed by atoms with van der Waals surface area (Å²) in [6.45, 7) is 4.59. The number of pyridine rings is 1. The van der Waals surface area contributed by atoms with Crippen molar-refractivity contribution < 1.29 is 17.9 Å². The van der Waals surface area contributed by atoms with E-state index in [4.69, 9.17) is 4.74 Å². The monoisotopic (exact) mass is 382 g/mol. The third-order valence-electron chi connectivity index (χ3n) is 4.96. The topological polar surface area (TPSA) is 91.8 Å². The third-order valence-corrected chi connectivity index (χ3v) is 6.71. The van der Waals surface area contributed by atoms with E-state index in [0.717, 1.165) is 38.5 Å². The van der Waals surface area contributed by atoms with Crippen LogP contribution in [0.15, 0.2) is 18.3 Å².